The van der Waals surface area contributed by atoms with Crippen LogP contribution < -0.4 is 0 Å². The van der Waals surface area contributed by atoms with Crippen molar-refractivity contribution in [1.82, 2.24) is 0 Å². The lowest BCUT2D eigenvalue weighted by atomic mass is 9.99. The molecular formula is C80H156O17P2. The number of aliphatic hydroxyl groups excluding tert-OH is 1. The van der Waals surface area contributed by atoms with Crippen LogP contribution in [0.15, 0.2) is 0 Å². The SMILES string of the molecule is CCC(C)CCCCCCCCCCCCCCCCC(=O)O[C@H](COC(=O)CCCCCCCCCC(C)C)COP(=O)(O)OCC(O)COP(=O)(O)OC[C@@H](COC(=O)CCCCCCCCCCC(C)CC)OC(=O)CCCCCCCCCCCCCCCCCCC(C)C. The molecule has 17 nitrogen and oxygen atoms in total. The van der Waals surface area contributed by atoms with E-state index in [0.717, 1.165) is 114 Å². The van der Waals surface area contributed by atoms with Gasteiger partial charge in [0.05, 0.1) is 26.4 Å². The highest BCUT2D eigenvalue weighted by Gasteiger charge is 2.30. The summed E-state index contributed by atoms with van der Waals surface area (Å²) < 4.78 is 68.7. The number of aliphatic hydroxyl groups is 1. The van der Waals surface area contributed by atoms with E-state index < -0.39 is 97.5 Å². The molecule has 0 aromatic rings. The highest BCUT2D eigenvalue weighted by atomic mass is 31.2. The summed E-state index contributed by atoms with van der Waals surface area (Å²) in [7, 11) is -9.92. The van der Waals surface area contributed by atoms with Crippen molar-refractivity contribution >= 4 is 39.5 Å². The van der Waals surface area contributed by atoms with Crippen LogP contribution in [0.4, 0.5) is 0 Å². The minimum Gasteiger partial charge on any atom is -0.462 e. The molecule has 0 aromatic carbocycles. The molecule has 7 atom stereocenters. The maximum atomic E-state index is 13.1. The van der Waals surface area contributed by atoms with E-state index in [4.69, 9.17) is 37.0 Å². The van der Waals surface area contributed by atoms with Gasteiger partial charge in [-0.05, 0) is 49.4 Å². The van der Waals surface area contributed by atoms with E-state index >= 15 is 0 Å². The third kappa shape index (κ3) is 71.5. The minimum atomic E-state index is -4.96. The Kier molecular flexibility index (Phi) is 67.8. The van der Waals surface area contributed by atoms with Crippen molar-refractivity contribution < 1.29 is 80.2 Å². The fraction of sp³-hybridized carbons (Fsp3) is 0.950. The second kappa shape index (κ2) is 69.1. The number of unbranched alkanes of at least 4 members (excludes halogenated alkanes) is 41. The highest BCUT2D eigenvalue weighted by molar-refractivity contribution is 7.47. The van der Waals surface area contributed by atoms with Gasteiger partial charge in [-0.15, -0.1) is 0 Å². The molecule has 0 aromatic heterocycles. The lowest BCUT2D eigenvalue weighted by molar-refractivity contribution is -0.161. The molecule has 99 heavy (non-hydrogen) atoms. The molecule has 0 fully saturated rings. The van der Waals surface area contributed by atoms with Gasteiger partial charge in [-0.25, -0.2) is 9.13 Å². The van der Waals surface area contributed by atoms with Gasteiger partial charge in [0.15, 0.2) is 12.2 Å². The first kappa shape index (κ1) is 97.1. The number of rotatable bonds is 77. The molecule has 0 aliphatic rings. The van der Waals surface area contributed by atoms with Gasteiger partial charge in [-0.2, -0.15) is 0 Å². The van der Waals surface area contributed by atoms with Crippen LogP contribution in [-0.2, 0) is 65.4 Å². The van der Waals surface area contributed by atoms with Gasteiger partial charge < -0.3 is 33.8 Å². The average molecular weight is 1450 g/mol. The first-order chi connectivity index (χ1) is 47.7. The van der Waals surface area contributed by atoms with E-state index in [1.807, 2.05) is 0 Å². The Hall–Kier alpha value is -1.94. The zero-order valence-corrected chi connectivity index (χ0v) is 66.9. The van der Waals surface area contributed by atoms with Crippen LogP contribution in [0.1, 0.15) is 409 Å². The topological polar surface area (TPSA) is 237 Å². The van der Waals surface area contributed by atoms with Crippen LogP contribution in [0.25, 0.3) is 0 Å². The van der Waals surface area contributed by atoms with E-state index in [2.05, 4.69) is 55.4 Å². The van der Waals surface area contributed by atoms with Crippen molar-refractivity contribution in [2.24, 2.45) is 23.7 Å². The van der Waals surface area contributed by atoms with Crippen molar-refractivity contribution in [3.63, 3.8) is 0 Å². The van der Waals surface area contributed by atoms with Crippen molar-refractivity contribution in [3.8, 4) is 0 Å². The molecule has 0 radical (unpaired) electrons. The maximum Gasteiger partial charge on any atom is 0.472 e. The first-order valence-electron chi connectivity index (χ1n) is 41.3. The van der Waals surface area contributed by atoms with Crippen LogP contribution in [-0.4, -0.2) is 96.7 Å². The predicted molar refractivity (Wildman–Crippen MR) is 404 cm³/mol. The van der Waals surface area contributed by atoms with Gasteiger partial charge in [0.25, 0.3) is 0 Å². The lowest BCUT2D eigenvalue weighted by Gasteiger charge is -2.21. The van der Waals surface area contributed by atoms with Crippen molar-refractivity contribution in [2.75, 3.05) is 39.6 Å². The number of esters is 4. The molecule has 588 valence electrons. The van der Waals surface area contributed by atoms with Crippen LogP contribution in [0.5, 0.6) is 0 Å². The van der Waals surface area contributed by atoms with Gasteiger partial charge in [-0.1, -0.05) is 357 Å². The van der Waals surface area contributed by atoms with Crippen molar-refractivity contribution in [2.45, 2.75) is 427 Å². The average Bonchev–Trinajstić information content (AvgIpc) is 1.05. The lowest BCUT2D eigenvalue weighted by Crippen LogP contribution is -2.30. The number of carbonyl (C=O) groups is 4. The number of phosphoric acid groups is 2. The van der Waals surface area contributed by atoms with E-state index in [1.54, 1.807) is 0 Å². The number of phosphoric ester groups is 2. The summed E-state index contributed by atoms with van der Waals surface area (Å²) in [5.74, 6) is 1.02. The summed E-state index contributed by atoms with van der Waals surface area (Å²) in [6.07, 6.45) is 55.5. The van der Waals surface area contributed by atoms with E-state index in [0.29, 0.717) is 31.6 Å². The standard InChI is InChI=1S/C80H156O17P2/c1-9-72(7)58-50-42-34-26-22-18-15-16-20-24-28-38-47-55-63-80(85)97-76(67-91-78(83)61-53-45-39-31-33-41-49-57-71(5)6)69-95-99(88,89)93-65-74(81)64-92-98(86,87)94-68-75(66-90-77(82)60-52-44-36-30-29-35-43-51-59-73(8)10-2)96-79(84)62-54-46-37-27-23-19-14-12-11-13-17-21-25-32-40-48-56-70(3)4/h70-76,81H,9-69H2,1-8H3,(H,86,87)(H,88,89)/t72?,73?,74?,75-,76-/m1/s1. The van der Waals surface area contributed by atoms with Crippen LogP contribution in [0, 0.1) is 23.7 Å². The summed E-state index contributed by atoms with van der Waals surface area (Å²) in [5, 5.41) is 10.6. The molecule has 0 bridgehead atoms. The zero-order chi connectivity index (χ0) is 73.1. The molecule has 3 N–H and O–H groups in total. The molecule has 0 saturated carbocycles. The van der Waals surface area contributed by atoms with E-state index in [-0.39, 0.29) is 25.7 Å². The first-order valence-corrected chi connectivity index (χ1v) is 44.3. The molecule has 0 rings (SSSR count). The summed E-state index contributed by atoms with van der Waals surface area (Å²) in [6, 6.07) is 0. The van der Waals surface area contributed by atoms with Crippen LogP contribution >= 0.6 is 15.6 Å². The molecule has 19 heteroatoms. The Balaban J connectivity index is 5.22. The third-order valence-corrected chi connectivity index (χ3v) is 21.2. The van der Waals surface area contributed by atoms with Gasteiger partial charge in [0.2, 0.25) is 0 Å². The Morgan fingerprint density at radius 2 is 0.485 bits per heavy atom. The third-order valence-electron chi connectivity index (χ3n) is 19.3. The summed E-state index contributed by atoms with van der Waals surface area (Å²) in [4.78, 5) is 73.0. The smallest absolute Gasteiger partial charge is 0.462 e. The summed E-state index contributed by atoms with van der Waals surface area (Å²) in [6.45, 7) is 14.3. The van der Waals surface area contributed by atoms with E-state index in [1.165, 1.54) is 205 Å². The maximum absolute atomic E-state index is 13.1. The van der Waals surface area contributed by atoms with Gasteiger partial charge in [0, 0.05) is 25.7 Å². The second-order valence-corrected chi connectivity index (χ2v) is 33.1. The predicted octanol–water partition coefficient (Wildman–Crippen LogP) is 23.6. The summed E-state index contributed by atoms with van der Waals surface area (Å²) in [5.41, 5.74) is 0. The van der Waals surface area contributed by atoms with Crippen LogP contribution in [0.2, 0.25) is 0 Å². The molecule has 0 amide bonds. The number of hydrogen-bond donors (Lipinski definition) is 3. The number of ether oxygens (including phenoxy) is 4. The quantitative estimate of drug-likeness (QED) is 0.0222. The Labute approximate surface area is 607 Å². The Bertz CT molecular complexity index is 1940. The molecule has 5 unspecified atom stereocenters. The monoisotopic (exact) mass is 1450 g/mol. The highest BCUT2D eigenvalue weighted by Crippen LogP contribution is 2.45. The normalized spacial score (nSPS) is 14.6. The Morgan fingerprint density at radius 3 is 0.717 bits per heavy atom. The zero-order valence-electron chi connectivity index (χ0n) is 65.1. The second-order valence-electron chi connectivity index (χ2n) is 30.2. The Morgan fingerprint density at radius 1 is 0.283 bits per heavy atom. The number of hydrogen-bond acceptors (Lipinski definition) is 15. The van der Waals surface area contributed by atoms with Gasteiger partial charge in [0.1, 0.15) is 19.3 Å². The number of carbonyl (C=O) groups excluding carboxylic acids is 4. The van der Waals surface area contributed by atoms with Crippen molar-refractivity contribution in [3.05, 3.63) is 0 Å². The minimum absolute atomic E-state index is 0.106. The van der Waals surface area contributed by atoms with E-state index in [9.17, 15) is 43.2 Å². The largest absolute Gasteiger partial charge is 0.472 e. The van der Waals surface area contributed by atoms with Crippen molar-refractivity contribution in [1.29, 1.82) is 0 Å². The molecule has 0 aliphatic carbocycles. The van der Waals surface area contributed by atoms with Gasteiger partial charge >= 0.3 is 39.5 Å². The fourth-order valence-electron chi connectivity index (χ4n) is 12.2. The molecule has 0 heterocycles. The molecular weight excluding hydrogens is 1290 g/mol. The fourth-order valence-corrected chi connectivity index (χ4v) is 13.8. The molecule has 0 saturated heterocycles. The van der Waals surface area contributed by atoms with Gasteiger partial charge in [-0.3, -0.25) is 37.3 Å². The summed E-state index contributed by atoms with van der Waals surface area (Å²) >= 11 is 0. The molecule has 0 spiro atoms. The van der Waals surface area contributed by atoms with Crippen LogP contribution in [0.3, 0.4) is 0 Å². The molecule has 0 aliphatic heterocycles.